The molecule has 2 N–H and O–H groups in total. The van der Waals surface area contributed by atoms with E-state index >= 15 is 0 Å². The molecule has 5 heteroatoms. The van der Waals surface area contributed by atoms with Crippen molar-refractivity contribution in [1.29, 1.82) is 0 Å². The second kappa shape index (κ2) is 6.85. The number of aromatic nitrogens is 1. The molecule has 0 saturated carbocycles. The summed E-state index contributed by atoms with van der Waals surface area (Å²) in [4.78, 5) is 16.0. The van der Waals surface area contributed by atoms with E-state index in [-0.39, 0.29) is 5.91 Å². The van der Waals surface area contributed by atoms with Crippen LogP contribution in [0.25, 0.3) is 0 Å². The van der Waals surface area contributed by atoms with Crippen LogP contribution in [0.2, 0.25) is 0 Å². The summed E-state index contributed by atoms with van der Waals surface area (Å²) >= 11 is 1.67. The first kappa shape index (κ1) is 13.5. The maximum atomic E-state index is 11.6. The van der Waals surface area contributed by atoms with Crippen molar-refractivity contribution in [3.05, 3.63) is 16.1 Å². The monoisotopic (exact) mass is 267 g/mol. The van der Waals surface area contributed by atoms with Gasteiger partial charge in [0.25, 0.3) is 0 Å². The number of hydrogen-bond donors (Lipinski definition) is 2. The molecular weight excluding hydrogens is 246 g/mol. The molecule has 2 rings (SSSR count). The fourth-order valence-corrected chi connectivity index (χ4v) is 2.86. The van der Waals surface area contributed by atoms with E-state index in [1.54, 1.807) is 11.3 Å². The third-order valence-electron chi connectivity index (χ3n) is 3.21. The van der Waals surface area contributed by atoms with Crippen molar-refractivity contribution in [2.45, 2.75) is 45.1 Å². The highest BCUT2D eigenvalue weighted by atomic mass is 32.1. The van der Waals surface area contributed by atoms with Gasteiger partial charge in [0.05, 0.1) is 10.7 Å². The summed E-state index contributed by atoms with van der Waals surface area (Å²) in [5.41, 5.74) is 1.11. The van der Waals surface area contributed by atoms with Crippen LogP contribution in [0.3, 0.4) is 0 Å². The van der Waals surface area contributed by atoms with Crippen molar-refractivity contribution in [3.8, 4) is 0 Å². The number of nitrogens with one attached hydrogen (secondary N) is 2. The van der Waals surface area contributed by atoms with Crippen molar-refractivity contribution < 1.29 is 4.79 Å². The van der Waals surface area contributed by atoms with Gasteiger partial charge in [-0.25, -0.2) is 4.98 Å². The van der Waals surface area contributed by atoms with Crippen molar-refractivity contribution >= 4 is 17.2 Å². The van der Waals surface area contributed by atoms with Gasteiger partial charge in [0.1, 0.15) is 0 Å². The lowest BCUT2D eigenvalue weighted by Crippen LogP contribution is -2.37. The molecule has 100 valence electrons. The number of nitrogens with zero attached hydrogens (tertiary/aromatic N) is 1. The van der Waals surface area contributed by atoms with E-state index in [0.717, 1.165) is 36.6 Å². The summed E-state index contributed by atoms with van der Waals surface area (Å²) in [6.45, 7) is 3.87. The largest absolute Gasteiger partial charge is 0.355 e. The van der Waals surface area contributed by atoms with E-state index in [9.17, 15) is 4.79 Å². The van der Waals surface area contributed by atoms with Crippen LogP contribution in [0.15, 0.2) is 5.38 Å². The maximum Gasteiger partial charge on any atom is 0.220 e. The van der Waals surface area contributed by atoms with Crippen molar-refractivity contribution in [3.63, 3.8) is 0 Å². The SMILES string of the molecule is Cc1nc(CCCC(=O)NCC2CCCN2)cs1. The van der Waals surface area contributed by atoms with E-state index in [1.807, 2.05) is 6.92 Å². The number of carbonyl (C=O) groups excluding carboxylic acids is 1. The lowest BCUT2D eigenvalue weighted by molar-refractivity contribution is -0.121. The molecule has 18 heavy (non-hydrogen) atoms. The van der Waals surface area contributed by atoms with Gasteiger partial charge >= 0.3 is 0 Å². The first-order chi connectivity index (χ1) is 8.74. The number of amides is 1. The van der Waals surface area contributed by atoms with Gasteiger partial charge in [-0.15, -0.1) is 11.3 Å². The maximum absolute atomic E-state index is 11.6. The molecule has 1 amide bonds. The average molecular weight is 267 g/mol. The van der Waals surface area contributed by atoms with E-state index in [1.165, 1.54) is 12.8 Å². The number of carbonyl (C=O) groups is 1. The van der Waals surface area contributed by atoms with Gasteiger partial charge < -0.3 is 10.6 Å². The van der Waals surface area contributed by atoms with Crippen LogP contribution in [0.1, 0.15) is 36.4 Å². The predicted molar refractivity (Wildman–Crippen MR) is 73.8 cm³/mol. The van der Waals surface area contributed by atoms with Gasteiger partial charge in [0.2, 0.25) is 5.91 Å². The Morgan fingerprint density at radius 1 is 1.67 bits per heavy atom. The molecule has 0 bridgehead atoms. The highest BCUT2D eigenvalue weighted by Gasteiger charge is 2.14. The van der Waals surface area contributed by atoms with E-state index in [0.29, 0.717) is 12.5 Å². The topological polar surface area (TPSA) is 54.0 Å². The summed E-state index contributed by atoms with van der Waals surface area (Å²) in [5, 5.41) is 9.55. The fourth-order valence-electron chi connectivity index (χ4n) is 2.21. The normalized spacial score (nSPS) is 19.1. The molecule has 1 unspecified atom stereocenters. The molecule has 2 heterocycles. The minimum Gasteiger partial charge on any atom is -0.355 e. The zero-order valence-corrected chi connectivity index (χ0v) is 11.7. The predicted octanol–water partition coefficient (Wildman–Crippen LogP) is 1.64. The number of thiazole rings is 1. The second-order valence-electron chi connectivity index (χ2n) is 4.81. The lowest BCUT2D eigenvalue weighted by atomic mass is 10.2. The van der Waals surface area contributed by atoms with Crippen LogP contribution in [0, 0.1) is 6.92 Å². The average Bonchev–Trinajstić information content (AvgIpc) is 2.98. The first-order valence-corrected chi connectivity index (χ1v) is 7.53. The Morgan fingerprint density at radius 3 is 3.22 bits per heavy atom. The smallest absolute Gasteiger partial charge is 0.220 e. The summed E-state index contributed by atoms with van der Waals surface area (Å²) in [6.07, 6.45) is 4.79. The van der Waals surface area contributed by atoms with E-state index in [4.69, 9.17) is 0 Å². The third kappa shape index (κ3) is 4.38. The molecule has 0 spiro atoms. The van der Waals surface area contributed by atoms with Gasteiger partial charge in [-0.3, -0.25) is 4.79 Å². The Hall–Kier alpha value is -0.940. The van der Waals surface area contributed by atoms with E-state index < -0.39 is 0 Å². The van der Waals surface area contributed by atoms with Crippen LogP contribution in [0.4, 0.5) is 0 Å². The van der Waals surface area contributed by atoms with Gasteiger partial charge in [0.15, 0.2) is 0 Å². The van der Waals surface area contributed by atoms with Gasteiger partial charge in [0, 0.05) is 24.4 Å². The fraction of sp³-hybridized carbons (Fsp3) is 0.692. The molecule has 0 aromatic carbocycles. The van der Waals surface area contributed by atoms with Crippen LogP contribution in [0.5, 0.6) is 0 Å². The zero-order chi connectivity index (χ0) is 12.8. The minimum atomic E-state index is 0.163. The Balaban J connectivity index is 1.57. The minimum absolute atomic E-state index is 0.163. The summed E-state index contributed by atoms with van der Waals surface area (Å²) in [6, 6.07) is 0.482. The Bertz CT molecular complexity index is 385. The van der Waals surface area contributed by atoms with Crippen LogP contribution in [-0.2, 0) is 11.2 Å². The number of aryl methyl sites for hydroxylation is 2. The molecule has 4 nitrogen and oxygen atoms in total. The molecule has 1 fully saturated rings. The molecule has 1 aliphatic heterocycles. The van der Waals surface area contributed by atoms with Gasteiger partial charge in [-0.05, 0) is 39.2 Å². The molecule has 0 radical (unpaired) electrons. The van der Waals surface area contributed by atoms with Gasteiger partial charge in [-0.1, -0.05) is 0 Å². The highest BCUT2D eigenvalue weighted by molar-refractivity contribution is 7.09. The molecular formula is C13H21N3OS. The van der Waals surface area contributed by atoms with Crippen molar-refractivity contribution in [1.82, 2.24) is 15.6 Å². The number of rotatable bonds is 6. The molecule has 0 aliphatic carbocycles. The van der Waals surface area contributed by atoms with E-state index in [2.05, 4.69) is 21.0 Å². The molecule has 1 aromatic heterocycles. The molecule has 1 atom stereocenters. The van der Waals surface area contributed by atoms with Gasteiger partial charge in [-0.2, -0.15) is 0 Å². The summed E-state index contributed by atoms with van der Waals surface area (Å²) in [5.74, 6) is 0.163. The quantitative estimate of drug-likeness (QED) is 0.824. The van der Waals surface area contributed by atoms with Crippen molar-refractivity contribution in [2.24, 2.45) is 0 Å². The second-order valence-corrected chi connectivity index (χ2v) is 5.87. The lowest BCUT2D eigenvalue weighted by Gasteiger charge is -2.11. The Kier molecular flexibility index (Phi) is 5.13. The van der Waals surface area contributed by atoms with Crippen molar-refractivity contribution in [2.75, 3.05) is 13.1 Å². The molecule has 1 saturated heterocycles. The Morgan fingerprint density at radius 2 is 2.56 bits per heavy atom. The summed E-state index contributed by atoms with van der Waals surface area (Å²) in [7, 11) is 0. The molecule has 1 aromatic rings. The van der Waals surface area contributed by atoms with Crippen LogP contribution >= 0.6 is 11.3 Å². The van der Waals surface area contributed by atoms with Crippen LogP contribution < -0.4 is 10.6 Å². The number of hydrogen-bond acceptors (Lipinski definition) is 4. The Labute approximate surface area is 112 Å². The highest BCUT2D eigenvalue weighted by Crippen LogP contribution is 2.10. The standard InChI is InChI=1S/C13H21N3OS/c1-10-16-12(9-18-10)4-2-6-13(17)15-8-11-5-3-7-14-11/h9,11,14H,2-8H2,1H3,(H,15,17). The molecule has 1 aliphatic rings. The summed E-state index contributed by atoms with van der Waals surface area (Å²) < 4.78 is 0. The first-order valence-electron chi connectivity index (χ1n) is 6.65. The zero-order valence-electron chi connectivity index (χ0n) is 10.9. The van der Waals surface area contributed by atoms with Crippen LogP contribution in [-0.4, -0.2) is 30.0 Å². The third-order valence-corrected chi connectivity index (χ3v) is 4.03.